The van der Waals surface area contributed by atoms with Crippen molar-refractivity contribution in [3.05, 3.63) is 29.8 Å². The summed E-state index contributed by atoms with van der Waals surface area (Å²) in [5.74, 6) is 0.835. The first kappa shape index (κ1) is 12.1. The second-order valence-corrected chi connectivity index (χ2v) is 6.21. The number of fused-ring (bicyclic) bond motifs is 1. The van der Waals surface area contributed by atoms with E-state index in [1.54, 1.807) is 18.2 Å². The summed E-state index contributed by atoms with van der Waals surface area (Å²) in [6.07, 6.45) is 0. The van der Waals surface area contributed by atoms with Crippen LogP contribution in [0.5, 0.6) is 0 Å². The van der Waals surface area contributed by atoms with Crippen LogP contribution in [-0.4, -0.2) is 20.3 Å². The van der Waals surface area contributed by atoms with Crippen molar-refractivity contribution >= 4 is 15.9 Å². The molecule has 0 bridgehead atoms. The molecule has 1 unspecified atom stereocenters. The molecule has 1 aromatic carbocycles. The SMILES string of the molecule is CC(C)C(C)N=C1NS(=O)(=O)c2ccccc21. The van der Waals surface area contributed by atoms with Crippen LogP contribution < -0.4 is 4.72 Å². The van der Waals surface area contributed by atoms with Crippen LogP contribution in [0.3, 0.4) is 0 Å². The first-order chi connectivity index (χ1) is 7.92. The molecule has 5 heteroatoms. The molecule has 0 fully saturated rings. The van der Waals surface area contributed by atoms with Gasteiger partial charge in [0.05, 0.1) is 10.9 Å². The fourth-order valence-corrected chi connectivity index (χ4v) is 2.82. The number of nitrogens with one attached hydrogen (secondary N) is 1. The third kappa shape index (κ3) is 2.20. The van der Waals surface area contributed by atoms with Crippen LogP contribution in [0.1, 0.15) is 26.3 Å². The molecule has 1 heterocycles. The quantitative estimate of drug-likeness (QED) is 0.872. The molecule has 0 saturated heterocycles. The highest BCUT2D eigenvalue weighted by Gasteiger charge is 2.30. The Morgan fingerprint density at radius 1 is 1.18 bits per heavy atom. The maximum Gasteiger partial charge on any atom is 0.263 e. The van der Waals surface area contributed by atoms with E-state index in [4.69, 9.17) is 0 Å². The molecule has 1 N–H and O–H groups in total. The monoisotopic (exact) mass is 252 g/mol. The van der Waals surface area contributed by atoms with E-state index in [0.29, 0.717) is 22.2 Å². The molecule has 0 aromatic heterocycles. The lowest BCUT2D eigenvalue weighted by Crippen LogP contribution is -2.24. The number of aliphatic imine (C=N–C) groups is 1. The Morgan fingerprint density at radius 2 is 1.82 bits per heavy atom. The Hall–Kier alpha value is -1.36. The Balaban J connectivity index is 2.49. The van der Waals surface area contributed by atoms with Crippen molar-refractivity contribution in [2.24, 2.45) is 10.9 Å². The van der Waals surface area contributed by atoms with Gasteiger partial charge in [0, 0.05) is 5.56 Å². The number of sulfonamides is 1. The first-order valence-corrected chi connectivity index (χ1v) is 7.10. The van der Waals surface area contributed by atoms with Gasteiger partial charge in [0.25, 0.3) is 10.0 Å². The smallest absolute Gasteiger partial charge is 0.263 e. The van der Waals surface area contributed by atoms with Crippen LogP contribution in [0.25, 0.3) is 0 Å². The van der Waals surface area contributed by atoms with Crippen LogP contribution >= 0.6 is 0 Å². The van der Waals surface area contributed by atoms with Crippen molar-refractivity contribution in [2.75, 3.05) is 0 Å². The molecule has 1 aliphatic rings. The minimum Gasteiger partial charge on any atom is -0.264 e. The van der Waals surface area contributed by atoms with Crippen LogP contribution in [0.15, 0.2) is 34.2 Å². The van der Waals surface area contributed by atoms with Crippen molar-refractivity contribution in [2.45, 2.75) is 31.7 Å². The molecule has 0 radical (unpaired) electrons. The number of nitrogens with zero attached hydrogens (tertiary/aromatic N) is 1. The Labute approximate surface area is 102 Å². The van der Waals surface area contributed by atoms with Crippen LogP contribution in [0.2, 0.25) is 0 Å². The molecule has 4 nitrogen and oxygen atoms in total. The summed E-state index contributed by atoms with van der Waals surface area (Å²) in [4.78, 5) is 4.75. The lowest BCUT2D eigenvalue weighted by atomic mass is 10.1. The highest BCUT2D eigenvalue weighted by molar-refractivity contribution is 7.90. The average Bonchev–Trinajstić information content (AvgIpc) is 2.51. The zero-order valence-electron chi connectivity index (χ0n) is 10.1. The predicted molar refractivity (Wildman–Crippen MR) is 67.6 cm³/mol. The summed E-state index contributed by atoms with van der Waals surface area (Å²) in [6, 6.07) is 6.99. The summed E-state index contributed by atoms with van der Waals surface area (Å²) in [7, 11) is -3.41. The normalized spacial score (nSPS) is 21.3. The van der Waals surface area contributed by atoms with E-state index in [0.717, 1.165) is 0 Å². The van der Waals surface area contributed by atoms with Gasteiger partial charge < -0.3 is 0 Å². The summed E-state index contributed by atoms with van der Waals surface area (Å²) >= 11 is 0. The number of amidine groups is 1. The van der Waals surface area contributed by atoms with E-state index in [2.05, 4.69) is 23.6 Å². The minimum absolute atomic E-state index is 0.0823. The van der Waals surface area contributed by atoms with Gasteiger partial charge in [-0.15, -0.1) is 0 Å². The van der Waals surface area contributed by atoms with Crippen molar-refractivity contribution in [3.63, 3.8) is 0 Å². The Bertz CT molecular complexity index is 562. The van der Waals surface area contributed by atoms with Gasteiger partial charge in [-0.3, -0.25) is 9.71 Å². The summed E-state index contributed by atoms with van der Waals surface area (Å²) in [6.45, 7) is 6.10. The number of hydrogen-bond donors (Lipinski definition) is 1. The number of hydrogen-bond acceptors (Lipinski definition) is 3. The van der Waals surface area contributed by atoms with Gasteiger partial charge in [0.1, 0.15) is 5.84 Å². The van der Waals surface area contributed by atoms with Gasteiger partial charge in [-0.25, -0.2) is 8.42 Å². The topological polar surface area (TPSA) is 58.5 Å². The second kappa shape index (κ2) is 4.14. The predicted octanol–water partition coefficient (Wildman–Crippen LogP) is 1.77. The first-order valence-electron chi connectivity index (χ1n) is 5.62. The maximum atomic E-state index is 11.8. The van der Waals surface area contributed by atoms with Gasteiger partial charge >= 0.3 is 0 Å². The number of benzene rings is 1. The van der Waals surface area contributed by atoms with Crippen molar-refractivity contribution in [3.8, 4) is 0 Å². The molecule has 17 heavy (non-hydrogen) atoms. The third-order valence-corrected chi connectivity index (χ3v) is 4.36. The van der Waals surface area contributed by atoms with Crippen molar-refractivity contribution in [1.82, 2.24) is 4.72 Å². The molecule has 1 atom stereocenters. The Kier molecular flexibility index (Phi) is 2.95. The zero-order valence-corrected chi connectivity index (χ0v) is 11.0. The van der Waals surface area contributed by atoms with Crippen LogP contribution in [-0.2, 0) is 10.0 Å². The molecule has 1 aliphatic heterocycles. The lowest BCUT2D eigenvalue weighted by Gasteiger charge is -2.11. The van der Waals surface area contributed by atoms with E-state index in [9.17, 15) is 8.42 Å². The molecular weight excluding hydrogens is 236 g/mol. The fraction of sp³-hybridized carbons (Fsp3) is 0.417. The summed E-state index contributed by atoms with van der Waals surface area (Å²) < 4.78 is 26.1. The van der Waals surface area contributed by atoms with Crippen LogP contribution in [0, 0.1) is 5.92 Å². The van der Waals surface area contributed by atoms with E-state index in [1.807, 2.05) is 13.0 Å². The molecule has 0 amide bonds. The van der Waals surface area contributed by atoms with E-state index in [-0.39, 0.29) is 6.04 Å². The fourth-order valence-electron chi connectivity index (χ4n) is 1.58. The third-order valence-electron chi connectivity index (χ3n) is 2.96. The maximum absolute atomic E-state index is 11.8. The van der Waals surface area contributed by atoms with Gasteiger partial charge in [-0.05, 0) is 25.0 Å². The molecule has 1 aromatic rings. The van der Waals surface area contributed by atoms with E-state index in [1.165, 1.54) is 0 Å². The second-order valence-electron chi connectivity index (χ2n) is 4.56. The molecular formula is C12H16N2O2S. The lowest BCUT2D eigenvalue weighted by molar-refractivity contribution is 0.530. The zero-order chi connectivity index (χ0) is 12.6. The van der Waals surface area contributed by atoms with Crippen molar-refractivity contribution < 1.29 is 8.42 Å². The molecule has 0 spiro atoms. The molecule has 0 aliphatic carbocycles. The van der Waals surface area contributed by atoms with E-state index < -0.39 is 10.0 Å². The molecule has 0 saturated carbocycles. The highest BCUT2D eigenvalue weighted by atomic mass is 32.2. The van der Waals surface area contributed by atoms with Gasteiger partial charge in [-0.2, -0.15) is 0 Å². The van der Waals surface area contributed by atoms with Gasteiger partial charge in [0.2, 0.25) is 0 Å². The average molecular weight is 252 g/mol. The largest absolute Gasteiger partial charge is 0.264 e. The van der Waals surface area contributed by atoms with Gasteiger partial charge in [-0.1, -0.05) is 26.0 Å². The molecule has 92 valence electrons. The summed E-state index contributed by atoms with van der Waals surface area (Å²) in [5, 5.41) is 0. The standard InChI is InChI=1S/C12H16N2O2S/c1-8(2)9(3)13-12-10-6-4-5-7-11(10)17(15,16)14-12/h4-9H,1-3H3,(H,13,14). The Morgan fingerprint density at radius 3 is 2.47 bits per heavy atom. The van der Waals surface area contributed by atoms with Crippen LogP contribution in [0.4, 0.5) is 0 Å². The minimum atomic E-state index is -3.41. The van der Waals surface area contributed by atoms with Crippen molar-refractivity contribution in [1.29, 1.82) is 0 Å². The highest BCUT2D eigenvalue weighted by Crippen LogP contribution is 2.23. The molecule has 2 rings (SSSR count). The number of rotatable bonds is 2. The van der Waals surface area contributed by atoms with Gasteiger partial charge in [0.15, 0.2) is 0 Å². The summed E-state index contributed by atoms with van der Waals surface area (Å²) in [5.41, 5.74) is 0.667. The van der Waals surface area contributed by atoms with E-state index >= 15 is 0 Å².